The fraction of sp³-hybridized carbons (Fsp3) is 0.545. The van der Waals surface area contributed by atoms with Gasteiger partial charge in [0.25, 0.3) is 0 Å². The van der Waals surface area contributed by atoms with Crippen LogP contribution in [-0.2, 0) is 0 Å². The van der Waals surface area contributed by atoms with Crippen molar-refractivity contribution in [2.75, 3.05) is 18.0 Å². The largest absolute Gasteiger partial charge is 0.371 e. The van der Waals surface area contributed by atoms with Crippen LogP contribution < -0.4 is 4.90 Å². The van der Waals surface area contributed by atoms with Gasteiger partial charge in [-0.25, -0.2) is 4.98 Å². The lowest BCUT2D eigenvalue weighted by atomic mass is 10.3. The molecule has 0 saturated heterocycles. The molecule has 1 heterocycles. The van der Waals surface area contributed by atoms with Gasteiger partial charge in [0.15, 0.2) is 0 Å². The van der Waals surface area contributed by atoms with Gasteiger partial charge in [-0.3, -0.25) is 0 Å². The summed E-state index contributed by atoms with van der Waals surface area (Å²) in [6.07, 6.45) is 4.27. The van der Waals surface area contributed by atoms with Crippen molar-refractivity contribution in [2.24, 2.45) is 0 Å². The third-order valence-corrected chi connectivity index (χ3v) is 2.46. The number of unbranched alkanes of at least 4 members (excludes halogenated alkanes) is 1. The normalized spacial score (nSPS) is 10.2. The van der Waals surface area contributed by atoms with Gasteiger partial charge in [-0.15, -0.1) is 0 Å². The quantitative estimate of drug-likeness (QED) is 0.696. The maximum atomic E-state index is 5.73. The van der Waals surface area contributed by atoms with E-state index in [2.05, 4.69) is 23.7 Å². The molecule has 78 valence electrons. The van der Waals surface area contributed by atoms with E-state index in [1.54, 1.807) is 0 Å². The molecule has 0 radical (unpaired) electrons. The van der Waals surface area contributed by atoms with Gasteiger partial charge in [0.1, 0.15) is 5.15 Å². The molecule has 0 aliphatic heterocycles. The van der Waals surface area contributed by atoms with E-state index in [4.69, 9.17) is 11.6 Å². The van der Waals surface area contributed by atoms with E-state index in [0.29, 0.717) is 5.15 Å². The number of rotatable bonds is 5. The average Bonchev–Trinajstić information content (AvgIpc) is 2.21. The van der Waals surface area contributed by atoms with Crippen molar-refractivity contribution in [3.8, 4) is 0 Å². The van der Waals surface area contributed by atoms with Crippen LogP contribution >= 0.6 is 11.6 Å². The maximum Gasteiger partial charge on any atom is 0.129 e. The number of hydrogen-bond donors (Lipinski definition) is 0. The summed E-state index contributed by atoms with van der Waals surface area (Å²) >= 11 is 5.73. The van der Waals surface area contributed by atoms with E-state index in [9.17, 15) is 0 Å². The van der Waals surface area contributed by atoms with Gasteiger partial charge in [0, 0.05) is 13.1 Å². The van der Waals surface area contributed by atoms with Gasteiger partial charge in [-0.05, 0) is 25.5 Å². The van der Waals surface area contributed by atoms with Crippen LogP contribution in [0.25, 0.3) is 0 Å². The first-order valence-corrected chi connectivity index (χ1v) is 5.52. The highest BCUT2D eigenvalue weighted by atomic mass is 35.5. The predicted molar refractivity (Wildman–Crippen MR) is 62.0 cm³/mol. The molecule has 0 fully saturated rings. The first-order valence-electron chi connectivity index (χ1n) is 5.14. The molecule has 14 heavy (non-hydrogen) atoms. The second-order valence-corrected chi connectivity index (χ2v) is 3.66. The van der Waals surface area contributed by atoms with Crippen molar-refractivity contribution in [3.05, 3.63) is 23.5 Å². The van der Waals surface area contributed by atoms with Crippen molar-refractivity contribution in [1.29, 1.82) is 0 Å². The van der Waals surface area contributed by atoms with Crippen LogP contribution in [-0.4, -0.2) is 18.1 Å². The molecular weight excluding hydrogens is 196 g/mol. The minimum absolute atomic E-state index is 0.556. The lowest BCUT2D eigenvalue weighted by Crippen LogP contribution is -2.23. The minimum atomic E-state index is 0.556. The lowest BCUT2D eigenvalue weighted by Gasteiger charge is -2.22. The molecule has 0 spiro atoms. The Kier molecular flexibility index (Phi) is 4.74. The van der Waals surface area contributed by atoms with Crippen LogP contribution in [0.2, 0.25) is 5.15 Å². The highest BCUT2D eigenvalue weighted by Gasteiger charge is 2.03. The van der Waals surface area contributed by atoms with Crippen LogP contribution in [0.15, 0.2) is 18.3 Å². The third-order valence-electron chi connectivity index (χ3n) is 2.24. The van der Waals surface area contributed by atoms with Gasteiger partial charge in [0.2, 0.25) is 0 Å². The van der Waals surface area contributed by atoms with Crippen LogP contribution in [0.4, 0.5) is 5.69 Å². The molecule has 0 unspecified atom stereocenters. The van der Waals surface area contributed by atoms with Crippen LogP contribution in [0.5, 0.6) is 0 Å². The molecule has 3 heteroatoms. The van der Waals surface area contributed by atoms with Gasteiger partial charge < -0.3 is 4.90 Å². The Morgan fingerprint density at radius 1 is 1.36 bits per heavy atom. The Bertz CT molecular complexity index is 258. The molecule has 1 aromatic heterocycles. The summed E-state index contributed by atoms with van der Waals surface area (Å²) < 4.78 is 0. The number of halogens is 1. The maximum absolute atomic E-state index is 5.73. The topological polar surface area (TPSA) is 16.1 Å². The summed E-state index contributed by atoms with van der Waals surface area (Å²) in [6, 6.07) is 3.86. The molecule has 1 aromatic rings. The standard InChI is InChI=1S/C11H17ClN2/c1-3-5-8-14(4-2)10-6-7-11(12)13-9-10/h6-7,9H,3-5,8H2,1-2H3. The zero-order chi connectivity index (χ0) is 10.4. The monoisotopic (exact) mass is 212 g/mol. The molecule has 1 rings (SSSR count). The van der Waals surface area contributed by atoms with E-state index in [1.165, 1.54) is 12.8 Å². The summed E-state index contributed by atoms with van der Waals surface area (Å²) in [6.45, 7) is 6.47. The Morgan fingerprint density at radius 3 is 2.64 bits per heavy atom. The lowest BCUT2D eigenvalue weighted by molar-refractivity contribution is 0.731. The highest BCUT2D eigenvalue weighted by molar-refractivity contribution is 6.29. The molecular formula is C11H17ClN2. The highest BCUT2D eigenvalue weighted by Crippen LogP contribution is 2.15. The third kappa shape index (κ3) is 3.18. The Balaban J connectivity index is 2.64. The van der Waals surface area contributed by atoms with E-state index >= 15 is 0 Å². The van der Waals surface area contributed by atoms with Gasteiger partial charge in [-0.2, -0.15) is 0 Å². The van der Waals surface area contributed by atoms with Crippen molar-refractivity contribution in [2.45, 2.75) is 26.7 Å². The van der Waals surface area contributed by atoms with E-state index in [-0.39, 0.29) is 0 Å². The van der Waals surface area contributed by atoms with E-state index in [0.717, 1.165) is 18.8 Å². The van der Waals surface area contributed by atoms with Crippen LogP contribution in [0.3, 0.4) is 0 Å². The zero-order valence-electron chi connectivity index (χ0n) is 8.83. The molecule has 0 aromatic carbocycles. The Labute approximate surface area is 90.9 Å². The fourth-order valence-corrected chi connectivity index (χ4v) is 1.49. The molecule has 0 atom stereocenters. The number of nitrogens with zero attached hydrogens (tertiary/aromatic N) is 2. The molecule has 2 nitrogen and oxygen atoms in total. The zero-order valence-corrected chi connectivity index (χ0v) is 9.59. The molecule has 0 aliphatic rings. The van der Waals surface area contributed by atoms with E-state index < -0.39 is 0 Å². The summed E-state index contributed by atoms with van der Waals surface area (Å²) in [5.74, 6) is 0. The SMILES string of the molecule is CCCCN(CC)c1ccc(Cl)nc1. The Hall–Kier alpha value is -0.760. The van der Waals surface area contributed by atoms with Crippen LogP contribution in [0.1, 0.15) is 26.7 Å². The van der Waals surface area contributed by atoms with Gasteiger partial charge in [-0.1, -0.05) is 24.9 Å². The molecule has 0 saturated carbocycles. The van der Waals surface area contributed by atoms with Crippen molar-refractivity contribution in [3.63, 3.8) is 0 Å². The summed E-state index contributed by atoms with van der Waals surface area (Å²) in [5, 5.41) is 0.556. The second-order valence-electron chi connectivity index (χ2n) is 3.27. The smallest absolute Gasteiger partial charge is 0.129 e. The Morgan fingerprint density at radius 2 is 2.14 bits per heavy atom. The van der Waals surface area contributed by atoms with Crippen molar-refractivity contribution in [1.82, 2.24) is 4.98 Å². The summed E-state index contributed by atoms with van der Waals surface area (Å²) in [7, 11) is 0. The van der Waals surface area contributed by atoms with Crippen molar-refractivity contribution < 1.29 is 0 Å². The van der Waals surface area contributed by atoms with E-state index in [1.807, 2.05) is 18.3 Å². The molecule has 0 amide bonds. The first kappa shape index (κ1) is 11.3. The second kappa shape index (κ2) is 5.86. The molecule has 0 aliphatic carbocycles. The van der Waals surface area contributed by atoms with Gasteiger partial charge in [0.05, 0.1) is 11.9 Å². The first-order chi connectivity index (χ1) is 6.77. The number of aromatic nitrogens is 1. The molecule has 0 bridgehead atoms. The number of anilines is 1. The number of pyridine rings is 1. The average molecular weight is 213 g/mol. The molecule has 0 N–H and O–H groups in total. The minimum Gasteiger partial charge on any atom is -0.371 e. The fourth-order valence-electron chi connectivity index (χ4n) is 1.37. The van der Waals surface area contributed by atoms with Gasteiger partial charge >= 0.3 is 0 Å². The summed E-state index contributed by atoms with van der Waals surface area (Å²) in [5.41, 5.74) is 1.16. The number of hydrogen-bond acceptors (Lipinski definition) is 2. The van der Waals surface area contributed by atoms with Crippen molar-refractivity contribution >= 4 is 17.3 Å². The summed E-state index contributed by atoms with van der Waals surface area (Å²) in [4.78, 5) is 6.39. The van der Waals surface area contributed by atoms with Crippen LogP contribution in [0, 0.1) is 0 Å². The predicted octanol–water partition coefficient (Wildman–Crippen LogP) is 3.36.